The first-order valence-corrected chi connectivity index (χ1v) is 7.73. The Morgan fingerprint density at radius 2 is 1.96 bits per heavy atom. The first kappa shape index (κ1) is 17.9. The van der Waals surface area contributed by atoms with Crippen LogP contribution in [0, 0.1) is 10.1 Å². The Balaban J connectivity index is 2.06. The second kappa shape index (κ2) is 7.90. The summed E-state index contributed by atoms with van der Waals surface area (Å²) < 4.78 is 0. The van der Waals surface area contributed by atoms with Gasteiger partial charge in [0.05, 0.1) is 11.0 Å². The SMILES string of the molecule is CN(Cc1cc([N+](=O)[O-])ccc1Cl)C(=O)C(N)Cc1ccccc1. The largest absolute Gasteiger partial charge is 0.340 e. The summed E-state index contributed by atoms with van der Waals surface area (Å²) in [6.07, 6.45) is 0.423. The maximum Gasteiger partial charge on any atom is 0.269 e. The fourth-order valence-corrected chi connectivity index (χ4v) is 2.55. The Morgan fingerprint density at radius 1 is 1.29 bits per heavy atom. The van der Waals surface area contributed by atoms with Gasteiger partial charge in [-0.3, -0.25) is 14.9 Å². The van der Waals surface area contributed by atoms with Gasteiger partial charge in [0.1, 0.15) is 0 Å². The summed E-state index contributed by atoms with van der Waals surface area (Å²) in [7, 11) is 1.60. The molecule has 1 unspecified atom stereocenters. The lowest BCUT2D eigenvalue weighted by Crippen LogP contribution is -2.42. The van der Waals surface area contributed by atoms with Crippen LogP contribution in [0.15, 0.2) is 48.5 Å². The van der Waals surface area contributed by atoms with E-state index in [1.54, 1.807) is 7.05 Å². The summed E-state index contributed by atoms with van der Waals surface area (Å²) in [5.74, 6) is -0.249. The molecule has 2 rings (SSSR count). The Bertz CT molecular complexity index is 737. The van der Waals surface area contributed by atoms with Gasteiger partial charge in [-0.1, -0.05) is 41.9 Å². The number of nitrogens with zero attached hydrogens (tertiary/aromatic N) is 2. The van der Waals surface area contributed by atoms with E-state index in [4.69, 9.17) is 17.3 Å². The number of halogens is 1. The number of nitro benzene ring substituents is 1. The van der Waals surface area contributed by atoms with Crippen molar-refractivity contribution in [3.05, 3.63) is 74.8 Å². The first-order valence-electron chi connectivity index (χ1n) is 7.35. The lowest BCUT2D eigenvalue weighted by atomic mass is 10.1. The standard InChI is InChI=1S/C17H18ClN3O3/c1-20(11-13-10-14(21(23)24)7-8-15(13)18)17(22)16(19)9-12-5-3-2-4-6-12/h2-8,10,16H,9,11,19H2,1H3. The zero-order chi connectivity index (χ0) is 17.7. The first-order chi connectivity index (χ1) is 11.4. The number of amides is 1. The molecule has 7 heteroatoms. The third-order valence-corrected chi connectivity index (χ3v) is 4.01. The van der Waals surface area contributed by atoms with E-state index in [9.17, 15) is 14.9 Å². The minimum atomic E-state index is -0.685. The molecule has 2 aromatic carbocycles. The van der Waals surface area contributed by atoms with Gasteiger partial charge in [0.2, 0.25) is 5.91 Å². The van der Waals surface area contributed by atoms with Crippen LogP contribution in [0.5, 0.6) is 0 Å². The van der Waals surface area contributed by atoms with Gasteiger partial charge in [-0.25, -0.2) is 0 Å². The number of carbonyl (C=O) groups is 1. The van der Waals surface area contributed by atoms with Crippen molar-refractivity contribution in [1.29, 1.82) is 0 Å². The second-order valence-electron chi connectivity index (χ2n) is 5.52. The molecular weight excluding hydrogens is 330 g/mol. The average Bonchev–Trinajstić information content (AvgIpc) is 2.56. The van der Waals surface area contributed by atoms with Gasteiger partial charge in [-0.2, -0.15) is 0 Å². The molecule has 0 heterocycles. The number of hydrogen-bond donors (Lipinski definition) is 1. The third-order valence-electron chi connectivity index (χ3n) is 3.64. The molecule has 126 valence electrons. The molecule has 1 amide bonds. The van der Waals surface area contributed by atoms with Gasteiger partial charge >= 0.3 is 0 Å². The molecule has 0 radical (unpaired) electrons. The molecule has 1 atom stereocenters. The van der Waals surface area contributed by atoms with Crippen molar-refractivity contribution in [3.63, 3.8) is 0 Å². The Kier molecular flexibility index (Phi) is 5.89. The smallest absolute Gasteiger partial charge is 0.269 e. The molecule has 6 nitrogen and oxygen atoms in total. The Morgan fingerprint density at radius 3 is 2.58 bits per heavy atom. The number of nitrogens with two attached hydrogens (primary N) is 1. The van der Waals surface area contributed by atoms with E-state index in [1.165, 1.54) is 23.1 Å². The van der Waals surface area contributed by atoms with Gasteiger partial charge in [0.25, 0.3) is 5.69 Å². The normalized spacial score (nSPS) is 11.8. The highest BCUT2D eigenvalue weighted by Crippen LogP contribution is 2.23. The summed E-state index contributed by atoms with van der Waals surface area (Å²) in [6, 6.07) is 13.0. The number of rotatable bonds is 6. The van der Waals surface area contributed by atoms with Crippen LogP contribution in [0.1, 0.15) is 11.1 Å². The van der Waals surface area contributed by atoms with Crippen LogP contribution in [0.4, 0.5) is 5.69 Å². The van der Waals surface area contributed by atoms with Crippen LogP contribution in [-0.4, -0.2) is 28.8 Å². The number of hydrogen-bond acceptors (Lipinski definition) is 4. The number of non-ortho nitro benzene ring substituents is 1. The number of nitro groups is 1. The van der Waals surface area contributed by atoms with Crippen molar-refractivity contribution in [2.24, 2.45) is 5.73 Å². The van der Waals surface area contributed by atoms with Gasteiger partial charge in [0.15, 0.2) is 0 Å². The molecule has 0 aliphatic heterocycles. The Hall–Kier alpha value is -2.44. The van der Waals surface area contributed by atoms with E-state index >= 15 is 0 Å². The van der Waals surface area contributed by atoms with E-state index < -0.39 is 11.0 Å². The van der Waals surface area contributed by atoms with Crippen LogP contribution in [0.3, 0.4) is 0 Å². The van der Waals surface area contributed by atoms with E-state index in [0.29, 0.717) is 17.0 Å². The van der Waals surface area contributed by atoms with Gasteiger partial charge < -0.3 is 10.6 Å². The molecule has 2 aromatic rings. The molecule has 0 saturated heterocycles. The number of carbonyl (C=O) groups excluding carboxylic acids is 1. The molecule has 0 aromatic heterocycles. The third kappa shape index (κ3) is 4.53. The van der Waals surface area contributed by atoms with Crippen LogP contribution in [0.2, 0.25) is 5.02 Å². The molecule has 0 spiro atoms. The maximum atomic E-state index is 12.4. The summed E-state index contributed by atoms with van der Waals surface area (Å²) >= 11 is 6.07. The number of benzene rings is 2. The van der Waals surface area contributed by atoms with Gasteiger partial charge in [0, 0.05) is 30.7 Å². The van der Waals surface area contributed by atoms with Crippen LogP contribution < -0.4 is 5.73 Å². The molecule has 2 N–H and O–H groups in total. The topological polar surface area (TPSA) is 89.5 Å². The highest BCUT2D eigenvalue weighted by atomic mass is 35.5. The molecule has 0 aliphatic carbocycles. The molecule has 0 saturated carbocycles. The molecule has 0 fully saturated rings. The fourth-order valence-electron chi connectivity index (χ4n) is 2.37. The highest BCUT2D eigenvalue weighted by molar-refractivity contribution is 6.31. The minimum Gasteiger partial charge on any atom is -0.340 e. The van der Waals surface area contributed by atoms with Crippen molar-refractivity contribution in [1.82, 2.24) is 4.90 Å². The van der Waals surface area contributed by atoms with Crippen molar-refractivity contribution in [2.75, 3.05) is 7.05 Å². The van der Waals surface area contributed by atoms with Crippen molar-refractivity contribution < 1.29 is 9.72 Å². The zero-order valence-corrected chi connectivity index (χ0v) is 13.9. The van der Waals surface area contributed by atoms with Gasteiger partial charge in [-0.15, -0.1) is 0 Å². The van der Waals surface area contributed by atoms with E-state index in [1.807, 2.05) is 30.3 Å². The summed E-state index contributed by atoms with van der Waals surface area (Å²) in [6.45, 7) is 0.155. The van der Waals surface area contributed by atoms with Crippen molar-refractivity contribution in [2.45, 2.75) is 19.0 Å². The molecule has 0 bridgehead atoms. The zero-order valence-electron chi connectivity index (χ0n) is 13.2. The minimum absolute atomic E-state index is 0.0659. The lowest BCUT2D eigenvalue weighted by molar-refractivity contribution is -0.384. The molecule has 24 heavy (non-hydrogen) atoms. The van der Waals surface area contributed by atoms with Crippen LogP contribution >= 0.6 is 11.6 Å². The summed E-state index contributed by atoms with van der Waals surface area (Å²) in [5, 5.41) is 11.2. The predicted octanol–water partition coefficient (Wildman–Crippen LogP) is 2.78. The fraction of sp³-hybridized carbons (Fsp3) is 0.235. The molecule has 0 aliphatic rings. The summed E-state index contributed by atoms with van der Waals surface area (Å²) in [5.41, 5.74) is 7.40. The monoisotopic (exact) mass is 347 g/mol. The number of likely N-dealkylation sites (N-methyl/N-ethyl adjacent to an activating group) is 1. The van der Waals surface area contributed by atoms with E-state index in [0.717, 1.165) is 5.56 Å². The predicted molar refractivity (Wildman–Crippen MR) is 92.7 cm³/mol. The van der Waals surface area contributed by atoms with E-state index in [-0.39, 0.29) is 18.1 Å². The highest BCUT2D eigenvalue weighted by Gasteiger charge is 2.20. The van der Waals surface area contributed by atoms with Crippen LogP contribution in [0.25, 0.3) is 0 Å². The second-order valence-corrected chi connectivity index (χ2v) is 5.93. The van der Waals surface area contributed by atoms with Crippen molar-refractivity contribution >= 4 is 23.2 Å². The van der Waals surface area contributed by atoms with Crippen molar-refractivity contribution in [3.8, 4) is 0 Å². The van der Waals surface area contributed by atoms with Gasteiger partial charge in [-0.05, 0) is 23.6 Å². The van der Waals surface area contributed by atoms with E-state index in [2.05, 4.69) is 0 Å². The Labute approximate surface area is 145 Å². The summed E-state index contributed by atoms with van der Waals surface area (Å²) in [4.78, 5) is 24.2. The maximum absolute atomic E-state index is 12.4. The van der Waals surface area contributed by atoms with Crippen LogP contribution in [-0.2, 0) is 17.8 Å². The lowest BCUT2D eigenvalue weighted by Gasteiger charge is -2.22. The quantitative estimate of drug-likeness (QED) is 0.642. The average molecular weight is 348 g/mol. The molecular formula is C17H18ClN3O3.